The van der Waals surface area contributed by atoms with Crippen LogP contribution in [0, 0.1) is 0 Å². The Kier molecular flexibility index (Phi) is 4.14. The number of rotatable bonds is 3. The average molecular weight is 286 g/mol. The van der Waals surface area contributed by atoms with Gasteiger partial charge in [-0.2, -0.15) is 0 Å². The lowest BCUT2D eigenvalue weighted by atomic mass is 10.1. The first kappa shape index (κ1) is 13.2. The lowest BCUT2D eigenvalue weighted by Gasteiger charge is -2.26. The van der Waals surface area contributed by atoms with E-state index < -0.39 is 12.0 Å². The molecule has 2 atom stereocenters. The summed E-state index contributed by atoms with van der Waals surface area (Å²) in [4.78, 5) is 22.5. The van der Waals surface area contributed by atoms with Crippen LogP contribution in [0.15, 0.2) is 24.3 Å². The van der Waals surface area contributed by atoms with Gasteiger partial charge < -0.3 is 10.4 Å². The number of carboxylic acid groups (broad SMARTS) is 1. The van der Waals surface area contributed by atoms with Crippen LogP contribution in [-0.2, 0) is 16.0 Å². The maximum atomic E-state index is 11.8. The second-order valence-electron chi connectivity index (χ2n) is 4.05. The predicted molar refractivity (Wildman–Crippen MR) is 71.0 cm³/mol. The van der Waals surface area contributed by atoms with Gasteiger partial charge in [-0.25, -0.2) is 4.79 Å². The fourth-order valence-corrected chi connectivity index (χ4v) is 3.02. The van der Waals surface area contributed by atoms with E-state index in [1.54, 1.807) is 12.1 Å². The van der Waals surface area contributed by atoms with Crippen LogP contribution in [0.4, 0.5) is 0 Å². The molecule has 1 saturated heterocycles. The van der Waals surface area contributed by atoms with Gasteiger partial charge in [-0.15, -0.1) is 11.8 Å². The number of amides is 1. The minimum atomic E-state index is -0.985. The molecule has 0 radical (unpaired) electrons. The van der Waals surface area contributed by atoms with Gasteiger partial charge in [0, 0.05) is 10.8 Å². The zero-order chi connectivity index (χ0) is 13.1. The molecule has 1 heterocycles. The average Bonchev–Trinajstić information content (AvgIpc) is 2.34. The Labute approximate surface area is 114 Å². The summed E-state index contributed by atoms with van der Waals surface area (Å²) in [6.45, 7) is 0. The second-order valence-corrected chi connectivity index (χ2v) is 5.72. The molecule has 2 N–H and O–H groups in total. The molecule has 1 aliphatic heterocycles. The number of carbonyl (C=O) groups is 2. The Morgan fingerprint density at radius 3 is 2.67 bits per heavy atom. The summed E-state index contributed by atoms with van der Waals surface area (Å²) in [5, 5.41) is 11.8. The maximum absolute atomic E-state index is 11.8. The molecule has 4 nitrogen and oxygen atoms in total. The third-order valence-electron chi connectivity index (χ3n) is 2.71. The smallest absolute Gasteiger partial charge is 0.327 e. The van der Waals surface area contributed by atoms with E-state index in [-0.39, 0.29) is 11.2 Å². The Balaban J connectivity index is 1.97. The van der Waals surface area contributed by atoms with Gasteiger partial charge in [0.25, 0.3) is 0 Å². The molecule has 0 saturated carbocycles. The third-order valence-corrected chi connectivity index (χ3v) is 4.27. The number of benzene rings is 1. The number of halogens is 1. The molecule has 1 fully saturated rings. The standard InChI is InChI=1S/C12H12ClNO3S/c13-8-3-1-7(2-4-8)5-10-11(15)14-9(6-18-10)12(16)17/h1-4,9-10H,5-6H2,(H,14,15)(H,16,17)/t9-,10-/m0/s1. The van der Waals surface area contributed by atoms with Gasteiger partial charge in [-0.05, 0) is 24.1 Å². The lowest BCUT2D eigenvalue weighted by Crippen LogP contribution is -2.51. The SMILES string of the molecule is O=C(O)[C@@H]1CS[C@@H](Cc2ccc(Cl)cc2)C(=O)N1. The first-order valence-corrected chi connectivity index (χ1v) is 6.88. The molecule has 18 heavy (non-hydrogen) atoms. The Hall–Kier alpha value is -1.20. The molecule has 96 valence electrons. The van der Waals surface area contributed by atoms with Crippen molar-refractivity contribution < 1.29 is 14.7 Å². The molecule has 0 bridgehead atoms. The number of thioether (sulfide) groups is 1. The molecule has 0 aromatic heterocycles. The molecule has 1 aliphatic rings. The Bertz CT molecular complexity index is 463. The molecular formula is C12H12ClNO3S. The molecule has 1 amide bonds. The fourth-order valence-electron chi connectivity index (χ4n) is 1.71. The summed E-state index contributed by atoms with van der Waals surface area (Å²) in [7, 11) is 0. The van der Waals surface area contributed by atoms with Gasteiger partial charge in [0.15, 0.2) is 0 Å². The van der Waals surface area contributed by atoms with Crippen molar-refractivity contribution in [2.75, 3.05) is 5.75 Å². The van der Waals surface area contributed by atoms with Crippen LogP contribution in [-0.4, -0.2) is 34.0 Å². The number of carbonyl (C=O) groups excluding carboxylic acids is 1. The van der Waals surface area contributed by atoms with E-state index in [4.69, 9.17) is 16.7 Å². The number of hydrogen-bond acceptors (Lipinski definition) is 3. The number of hydrogen-bond donors (Lipinski definition) is 2. The van der Waals surface area contributed by atoms with Gasteiger partial charge in [0.05, 0.1) is 5.25 Å². The normalized spacial score (nSPS) is 23.5. The zero-order valence-corrected chi connectivity index (χ0v) is 11.0. The summed E-state index contributed by atoms with van der Waals surface area (Å²) >= 11 is 7.17. The molecule has 0 spiro atoms. The van der Waals surface area contributed by atoms with Crippen molar-refractivity contribution in [1.82, 2.24) is 5.32 Å². The first-order chi connectivity index (χ1) is 8.56. The summed E-state index contributed by atoms with van der Waals surface area (Å²) in [5.41, 5.74) is 1.01. The third kappa shape index (κ3) is 3.17. The summed E-state index contributed by atoms with van der Waals surface area (Å²) in [6, 6.07) is 6.54. The van der Waals surface area contributed by atoms with E-state index in [1.165, 1.54) is 11.8 Å². The summed E-state index contributed by atoms with van der Waals surface area (Å²) in [6.07, 6.45) is 0.583. The molecule has 0 unspecified atom stereocenters. The molecule has 1 aromatic carbocycles. The highest BCUT2D eigenvalue weighted by molar-refractivity contribution is 8.00. The van der Waals surface area contributed by atoms with Crippen LogP contribution in [0.2, 0.25) is 5.02 Å². The highest BCUT2D eigenvalue weighted by Crippen LogP contribution is 2.22. The summed E-state index contributed by atoms with van der Waals surface area (Å²) in [5.74, 6) is -0.798. The molecule has 1 aromatic rings. The molecule has 2 rings (SSSR count). The van der Waals surface area contributed by atoms with E-state index in [0.29, 0.717) is 17.2 Å². The van der Waals surface area contributed by atoms with Gasteiger partial charge in [-0.3, -0.25) is 4.79 Å². The van der Waals surface area contributed by atoms with E-state index >= 15 is 0 Å². The minimum Gasteiger partial charge on any atom is -0.480 e. The lowest BCUT2D eigenvalue weighted by molar-refractivity contribution is -0.141. The van der Waals surface area contributed by atoms with Crippen molar-refractivity contribution in [2.45, 2.75) is 17.7 Å². The van der Waals surface area contributed by atoms with Crippen molar-refractivity contribution in [3.8, 4) is 0 Å². The van der Waals surface area contributed by atoms with Crippen LogP contribution in [0.5, 0.6) is 0 Å². The zero-order valence-electron chi connectivity index (χ0n) is 9.43. The molecule has 6 heteroatoms. The second kappa shape index (κ2) is 5.63. The largest absolute Gasteiger partial charge is 0.480 e. The van der Waals surface area contributed by atoms with Gasteiger partial charge in [0.2, 0.25) is 5.91 Å². The van der Waals surface area contributed by atoms with Gasteiger partial charge >= 0.3 is 5.97 Å². The highest BCUT2D eigenvalue weighted by Gasteiger charge is 2.32. The topological polar surface area (TPSA) is 66.4 Å². The van der Waals surface area contributed by atoms with E-state index in [0.717, 1.165) is 5.56 Å². The van der Waals surface area contributed by atoms with E-state index in [2.05, 4.69) is 5.32 Å². The Morgan fingerprint density at radius 1 is 1.44 bits per heavy atom. The molecular weight excluding hydrogens is 274 g/mol. The van der Waals surface area contributed by atoms with Crippen LogP contribution in [0.1, 0.15) is 5.56 Å². The number of nitrogens with one attached hydrogen (secondary N) is 1. The quantitative estimate of drug-likeness (QED) is 0.885. The van der Waals surface area contributed by atoms with E-state index in [1.807, 2.05) is 12.1 Å². The predicted octanol–water partition coefficient (Wildman–Crippen LogP) is 1.57. The summed E-state index contributed by atoms with van der Waals surface area (Å²) < 4.78 is 0. The van der Waals surface area contributed by atoms with Crippen molar-refractivity contribution in [1.29, 1.82) is 0 Å². The van der Waals surface area contributed by atoms with Crippen molar-refractivity contribution >= 4 is 35.2 Å². The minimum absolute atomic E-state index is 0.214. The maximum Gasteiger partial charge on any atom is 0.327 e. The Morgan fingerprint density at radius 2 is 2.11 bits per heavy atom. The van der Waals surface area contributed by atoms with Crippen molar-refractivity contribution in [2.24, 2.45) is 0 Å². The monoisotopic (exact) mass is 285 g/mol. The van der Waals surface area contributed by atoms with Crippen molar-refractivity contribution in [3.63, 3.8) is 0 Å². The number of aliphatic carboxylic acids is 1. The van der Waals surface area contributed by atoms with Gasteiger partial charge in [-0.1, -0.05) is 23.7 Å². The van der Waals surface area contributed by atoms with Crippen LogP contribution < -0.4 is 5.32 Å². The highest BCUT2D eigenvalue weighted by atomic mass is 35.5. The van der Waals surface area contributed by atoms with Crippen LogP contribution in [0.3, 0.4) is 0 Å². The van der Waals surface area contributed by atoms with Crippen LogP contribution >= 0.6 is 23.4 Å². The molecule has 0 aliphatic carbocycles. The van der Waals surface area contributed by atoms with E-state index in [9.17, 15) is 9.59 Å². The fraction of sp³-hybridized carbons (Fsp3) is 0.333. The van der Waals surface area contributed by atoms with Crippen LogP contribution in [0.25, 0.3) is 0 Å². The van der Waals surface area contributed by atoms with Crippen molar-refractivity contribution in [3.05, 3.63) is 34.9 Å². The first-order valence-electron chi connectivity index (χ1n) is 5.45. The van der Waals surface area contributed by atoms with Gasteiger partial charge in [0.1, 0.15) is 6.04 Å². The number of carboxylic acids is 1.